The van der Waals surface area contributed by atoms with Gasteiger partial charge in [0.15, 0.2) is 0 Å². The molecule has 0 N–H and O–H groups in total. The zero-order valence-electron chi connectivity index (χ0n) is 19.9. The van der Waals surface area contributed by atoms with E-state index in [1.165, 1.54) is 0 Å². The third-order valence-corrected chi connectivity index (χ3v) is 4.82. The Morgan fingerprint density at radius 2 is 1.06 bits per heavy atom. The highest BCUT2D eigenvalue weighted by Gasteiger charge is 2.16. The van der Waals surface area contributed by atoms with Crippen LogP contribution in [0, 0.1) is 0 Å². The van der Waals surface area contributed by atoms with Crippen LogP contribution in [0.2, 0.25) is 0 Å². The molecule has 0 bridgehead atoms. The summed E-state index contributed by atoms with van der Waals surface area (Å²) in [5, 5.41) is 0. The zero-order valence-corrected chi connectivity index (χ0v) is 19.9. The van der Waals surface area contributed by atoms with E-state index in [4.69, 9.17) is 18.9 Å². The molecule has 0 radical (unpaired) electrons. The Balaban J connectivity index is 2.01. The predicted molar refractivity (Wildman–Crippen MR) is 127 cm³/mol. The molecule has 0 heterocycles. The van der Waals surface area contributed by atoms with Crippen molar-refractivity contribution < 1.29 is 28.5 Å². The summed E-state index contributed by atoms with van der Waals surface area (Å²) < 4.78 is 21.6. The van der Waals surface area contributed by atoms with Gasteiger partial charge in [0.2, 0.25) is 12.6 Å². The quantitative estimate of drug-likeness (QED) is 0.240. The van der Waals surface area contributed by atoms with Gasteiger partial charge in [0.05, 0.1) is 0 Å². The smallest absolute Gasteiger partial charge is 0.336 e. The Morgan fingerprint density at radius 3 is 1.33 bits per heavy atom. The van der Waals surface area contributed by atoms with Gasteiger partial charge < -0.3 is 18.9 Å². The Morgan fingerprint density at radius 1 is 0.727 bits per heavy atom. The molecule has 33 heavy (non-hydrogen) atoms. The normalized spacial score (nSPS) is 13.2. The predicted octanol–water partition coefficient (Wildman–Crippen LogP) is 5.92. The minimum Gasteiger partial charge on any atom is -0.455 e. The van der Waals surface area contributed by atoms with E-state index in [2.05, 4.69) is 20.1 Å². The molecule has 2 aromatic carbocycles. The van der Waals surface area contributed by atoms with Crippen LogP contribution in [0.1, 0.15) is 58.1 Å². The van der Waals surface area contributed by atoms with Gasteiger partial charge in [0.1, 0.15) is 11.5 Å². The minimum absolute atomic E-state index is 0.186. The van der Waals surface area contributed by atoms with Gasteiger partial charge in [-0.1, -0.05) is 44.3 Å². The number of carbonyl (C=O) groups is 2. The van der Waals surface area contributed by atoms with E-state index in [-0.39, 0.29) is 5.92 Å². The summed E-state index contributed by atoms with van der Waals surface area (Å²) in [5.74, 6) is 0.433. The first-order valence-corrected chi connectivity index (χ1v) is 10.9. The monoisotopic (exact) mass is 452 g/mol. The van der Waals surface area contributed by atoms with Crippen molar-refractivity contribution in [3.8, 4) is 11.5 Å². The van der Waals surface area contributed by atoms with Gasteiger partial charge in [-0.15, -0.1) is 0 Å². The van der Waals surface area contributed by atoms with Gasteiger partial charge in [-0.3, -0.25) is 0 Å². The van der Waals surface area contributed by atoms with Crippen LogP contribution in [0.15, 0.2) is 72.8 Å². The number of carbonyl (C=O) groups excluding carboxylic acids is 2. The van der Waals surface area contributed by atoms with Crippen LogP contribution in [0.25, 0.3) is 0 Å². The average molecular weight is 453 g/mol. The zero-order chi connectivity index (χ0) is 24.5. The number of rotatable bonds is 11. The summed E-state index contributed by atoms with van der Waals surface area (Å²) in [4.78, 5) is 23.2. The van der Waals surface area contributed by atoms with Crippen LogP contribution in [0.3, 0.4) is 0 Å². The number of ether oxygens (including phenoxy) is 4. The van der Waals surface area contributed by atoms with E-state index in [0.29, 0.717) is 22.6 Å². The molecule has 6 heteroatoms. The summed E-state index contributed by atoms with van der Waals surface area (Å²) in [6, 6.07) is 15.4. The van der Waals surface area contributed by atoms with Crippen molar-refractivity contribution in [1.29, 1.82) is 0 Å². The first-order valence-electron chi connectivity index (χ1n) is 10.9. The lowest BCUT2D eigenvalue weighted by Gasteiger charge is -2.19. The van der Waals surface area contributed by atoms with E-state index in [1.807, 2.05) is 48.5 Å². The highest BCUT2D eigenvalue weighted by Crippen LogP contribution is 2.30. The van der Waals surface area contributed by atoms with Crippen LogP contribution < -0.4 is 9.47 Å². The van der Waals surface area contributed by atoms with Gasteiger partial charge in [0, 0.05) is 30.9 Å². The highest BCUT2D eigenvalue weighted by atomic mass is 16.7. The topological polar surface area (TPSA) is 71.1 Å². The maximum Gasteiger partial charge on any atom is 0.336 e. The molecule has 2 atom stereocenters. The molecule has 0 fully saturated rings. The summed E-state index contributed by atoms with van der Waals surface area (Å²) in [6.07, 6.45) is -0.530. The SMILES string of the molecule is C=C(C)C(=O)OC(C)Oc1ccc(C(CC)c2ccc(OC(C)OC(=O)C(=C)C)cc2)cc1. The van der Waals surface area contributed by atoms with Crippen LogP contribution in [0.5, 0.6) is 11.5 Å². The summed E-state index contributed by atoms with van der Waals surface area (Å²) >= 11 is 0. The molecule has 0 saturated carbocycles. The Labute approximate surface area is 195 Å². The summed E-state index contributed by atoms with van der Waals surface area (Å²) in [6.45, 7) is 15.7. The molecule has 2 aromatic rings. The van der Waals surface area contributed by atoms with Crippen molar-refractivity contribution in [1.82, 2.24) is 0 Å². The maximum atomic E-state index is 11.6. The van der Waals surface area contributed by atoms with Crippen molar-refractivity contribution in [3.05, 3.63) is 84.0 Å². The van der Waals surface area contributed by atoms with Crippen molar-refractivity contribution >= 4 is 11.9 Å². The van der Waals surface area contributed by atoms with E-state index >= 15 is 0 Å². The second-order valence-corrected chi connectivity index (χ2v) is 7.84. The van der Waals surface area contributed by atoms with Crippen LogP contribution >= 0.6 is 0 Å². The van der Waals surface area contributed by atoms with Gasteiger partial charge in [-0.25, -0.2) is 9.59 Å². The molecule has 0 spiro atoms. The molecule has 2 unspecified atom stereocenters. The van der Waals surface area contributed by atoms with E-state index in [0.717, 1.165) is 17.5 Å². The van der Waals surface area contributed by atoms with E-state index < -0.39 is 24.5 Å². The third kappa shape index (κ3) is 7.83. The van der Waals surface area contributed by atoms with E-state index in [1.54, 1.807) is 27.7 Å². The molecule has 6 nitrogen and oxygen atoms in total. The van der Waals surface area contributed by atoms with E-state index in [9.17, 15) is 9.59 Å². The Kier molecular flexibility index (Phi) is 9.28. The van der Waals surface area contributed by atoms with Gasteiger partial charge in [0.25, 0.3) is 0 Å². The molecule has 0 aliphatic carbocycles. The molecule has 0 amide bonds. The average Bonchev–Trinajstić information content (AvgIpc) is 2.76. The Bertz CT molecular complexity index is 895. The Hall–Kier alpha value is -3.54. The van der Waals surface area contributed by atoms with Crippen molar-refractivity contribution in [3.63, 3.8) is 0 Å². The fourth-order valence-corrected chi connectivity index (χ4v) is 3.16. The lowest BCUT2D eigenvalue weighted by atomic mass is 9.89. The minimum atomic E-state index is -0.716. The lowest BCUT2D eigenvalue weighted by molar-refractivity contribution is -0.157. The van der Waals surface area contributed by atoms with Crippen LogP contribution in [-0.2, 0) is 19.1 Å². The molecular weight excluding hydrogens is 420 g/mol. The first kappa shape index (κ1) is 25.7. The number of hydrogen-bond donors (Lipinski definition) is 0. The third-order valence-electron chi connectivity index (χ3n) is 4.82. The fourth-order valence-electron chi connectivity index (χ4n) is 3.16. The molecule has 0 aromatic heterocycles. The number of hydrogen-bond acceptors (Lipinski definition) is 6. The number of benzene rings is 2. The summed E-state index contributed by atoms with van der Waals surface area (Å²) in [5.41, 5.74) is 2.92. The standard InChI is InChI=1S/C27H32O6/c1-8-25(21-9-13-23(14-10-21)30-19(6)32-26(28)17(2)3)22-11-15-24(16-12-22)31-20(7)33-27(29)18(4)5/h9-16,19-20,25H,2,4,8H2,1,3,5-7H3. The van der Waals surface area contributed by atoms with Gasteiger partial charge >= 0.3 is 11.9 Å². The van der Waals surface area contributed by atoms with Crippen molar-refractivity contribution in [2.75, 3.05) is 0 Å². The lowest BCUT2D eigenvalue weighted by Crippen LogP contribution is -2.21. The molecule has 0 aliphatic heterocycles. The fraction of sp³-hybridized carbons (Fsp3) is 0.333. The number of esters is 2. The van der Waals surface area contributed by atoms with Gasteiger partial charge in [-0.05, 0) is 55.7 Å². The molecule has 2 rings (SSSR count). The van der Waals surface area contributed by atoms with Crippen molar-refractivity contribution in [2.24, 2.45) is 0 Å². The maximum absolute atomic E-state index is 11.6. The molecular formula is C27H32O6. The largest absolute Gasteiger partial charge is 0.455 e. The molecule has 0 saturated heterocycles. The van der Waals surface area contributed by atoms with Crippen molar-refractivity contribution in [2.45, 2.75) is 59.5 Å². The van der Waals surface area contributed by atoms with Crippen LogP contribution in [-0.4, -0.2) is 24.5 Å². The van der Waals surface area contributed by atoms with Gasteiger partial charge in [-0.2, -0.15) is 0 Å². The second kappa shape index (κ2) is 11.9. The molecule has 0 aliphatic rings. The molecule has 176 valence electrons. The van der Waals surface area contributed by atoms with Crippen LogP contribution in [0.4, 0.5) is 0 Å². The summed E-state index contributed by atoms with van der Waals surface area (Å²) in [7, 11) is 0. The first-order chi connectivity index (χ1) is 15.6. The highest BCUT2D eigenvalue weighted by molar-refractivity contribution is 5.87. The second-order valence-electron chi connectivity index (χ2n) is 7.84.